The molecule has 4 rings (SSSR count). The molecule has 2 aromatic carbocycles. The highest BCUT2D eigenvalue weighted by Crippen LogP contribution is 2.27. The van der Waals surface area contributed by atoms with Gasteiger partial charge < -0.3 is 0 Å². The molecular weight excluding hydrogens is 414 g/mol. The largest absolute Gasteiger partial charge is 0.289 e. The summed E-state index contributed by atoms with van der Waals surface area (Å²) in [7, 11) is -3.67. The second kappa shape index (κ2) is 8.60. The van der Waals surface area contributed by atoms with Crippen molar-refractivity contribution in [3.63, 3.8) is 0 Å². The number of hydrogen-bond acceptors (Lipinski definition) is 5. The molecule has 31 heavy (non-hydrogen) atoms. The predicted octanol–water partition coefficient (Wildman–Crippen LogP) is 3.39. The van der Waals surface area contributed by atoms with Crippen LogP contribution in [0.25, 0.3) is 11.4 Å². The van der Waals surface area contributed by atoms with Gasteiger partial charge in [0.15, 0.2) is 5.82 Å². The molecule has 1 amide bonds. The lowest BCUT2D eigenvalue weighted by Gasteiger charge is -2.34. The van der Waals surface area contributed by atoms with E-state index in [-0.39, 0.29) is 16.4 Å². The van der Waals surface area contributed by atoms with Gasteiger partial charge in [-0.15, -0.1) is 5.10 Å². The van der Waals surface area contributed by atoms with E-state index in [9.17, 15) is 13.2 Å². The molecule has 0 aliphatic carbocycles. The van der Waals surface area contributed by atoms with Gasteiger partial charge in [0.05, 0.1) is 4.90 Å². The zero-order chi connectivity index (χ0) is 22.0. The molecule has 1 fully saturated rings. The minimum absolute atomic E-state index is 0.112. The molecule has 3 aromatic rings. The van der Waals surface area contributed by atoms with E-state index in [2.05, 4.69) is 34.3 Å². The number of carbonyl (C=O) groups is 1. The van der Waals surface area contributed by atoms with Crippen molar-refractivity contribution in [1.82, 2.24) is 19.5 Å². The molecule has 2 atom stereocenters. The molecular formula is C22H25N5O3S. The van der Waals surface area contributed by atoms with E-state index in [1.165, 1.54) is 16.4 Å². The van der Waals surface area contributed by atoms with E-state index < -0.39 is 15.9 Å². The normalized spacial score (nSPS) is 19.8. The molecule has 1 aliphatic heterocycles. The van der Waals surface area contributed by atoms with Crippen LogP contribution in [0.3, 0.4) is 0 Å². The minimum atomic E-state index is -3.67. The summed E-state index contributed by atoms with van der Waals surface area (Å²) in [5.74, 6) is 0.775. The summed E-state index contributed by atoms with van der Waals surface area (Å²) in [6, 6.07) is 15.5. The average molecular weight is 440 g/mol. The second-order valence-corrected chi connectivity index (χ2v) is 10.1. The Hall–Kier alpha value is -3.04. The van der Waals surface area contributed by atoms with Gasteiger partial charge in [0.1, 0.15) is 0 Å². The van der Waals surface area contributed by atoms with Crippen LogP contribution in [-0.4, -0.2) is 46.9 Å². The fourth-order valence-electron chi connectivity index (χ4n) is 3.97. The van der Waals surface area contributed by atoms with Gasteiger partial charge in [0.2, 0.25) is 16.0 Å². The maximum absolute atomic E-state index is 13.1. The molecule has 9 heteroatoms. The van der Waals surface area contributed by atoms with Gasteiger partial charge in [-0.2, -0.15) is 9.29 Å². The first-order valence-electron chi connectivity index (χ1n) is 10.2. The third-order valence-corrected chi connectivity index (χ3v) is 7.15. The minimum Gasteiger partial charge on any atom is -0.289 e. The highest BCUT2D eigenvalue weighted by Gasteiger charge is 2.32. The van der Waals surface area contributed by atoms with Gasteiger partial charge in [-0.3, -0.25) is 15.2 Å². The van der Waals surface area contributed by atoms with E-state index in [1.54, 1.807) is 12.1 Å². The second-order valence-electron chi connectivity index (χ2n) is 8.12. The van der Waals surface area contributed by atoms with Crippen molar-refractivity contribution >= 4 is 21.9 Å². The molecule has 0 spiro atoms. The lowest BCUT2D eigenvalue weighted by atomic mass is 9.94. The predicted molar refractivity (Wildman–Crippen MR) is 118 cm³/mol. The highest BCUT2D eigenvalue weighted by molar-refractivity contribution is 7.89. The summed E-state index contributed by atoms with van der Waals surface area (Å²) in [5.41, 5.74) is 1.07. The molecule has 8 nitrogen and oxygen atoms in total. The summed E-state index contributed by atoms with van der Waals surface area (Å²) in [6.07, 6.45) is 1.01. The highest BCUT2D eigenvalue weighted by atomic mass is 32.2. The van der Waals surface area contributed by atoms with Gasteiger partial charge in [0, 0.05) is 24.2 Å². The van der Waals surface area contributed by atoms with Gasteiger partial charge >= 0.3 is 0 Å². The van der Waals surface area contributed by atoms with Crippen LogP contribution in [0.15, 0.2) is 59.5 Å². The van der Waals surface area contributed by atoms with Crippen LogP contribution in [0.5, 0.6) is 0 Å². The standard InChI is InChI=1S/C22H25N5O3S/c1-15-11-16(2)14-27(13-15)31(29,30)19-10-6-9-18(12-19)21(28)24-22-23-20(25-26-22)17-7-4-3-5-8-17/h3-10,12,15-16H,11,13-14H2,1-2H3,(H2,23,24,25,26,28)/t15-,16+. The Morgan fingerprint density at radius 2 is 1.77 bits per heavy atom. The van der Waals surface area contributed by atoms with Crippen LogP contribution in [0.1, 0.15) is 30.6 Å². The smallest absolute Gasteiger partial charge is 0.258 e. The maximum atomic E-state index is 13.1. The third kappa shape index (κ3) is 4.67. The number of anilines is 1. The van der Waals surface area contributed by atoms with Crippen LogP contribution in [0, 0.1) is 11.8 Å². The van der Waals surface area contributed by atoms with Crippen molar-refractivity contribution in [3.05, 3.63) is 60.2 Å². The Morgan fingerprint density at radius 3 is 2.48 bits per heavy atom. The van der Waals surface area contributed by atoms with Crippen LogP contribution in [0.2, 0.25) is 0 Å². The number of sulfonamides is 1. The fraction of sp³-hybridized carbons (Fsp3) is 0.318. The maximum Gasteiger partial charge on any atom is 0.258 e. The Balaban J connectivity index is 1.52. The summed E-state index contributed by atoms with van der Waals surface area (Å²) < 4.78 is 27.8. The van der Waals surface area contributed by atoms with Crippen molar-refractivity contribution in [2.24, 2.45) is 11.8 Å². The number of benzene rings is 2. The molecule has 162 valence electrons. The number of rotatable bonds is 5. The molecule has 2 N–H and O–H groups in total. The number of H-pyrrole nitrogens is 1. The average Bonchev–Trinajstić information content (AvgIpc) is 3.22. The lowest BCUT2D eigenvalue weighted by Crippen LogP contribution is -2.42. The Labute approximate surface area is 181 Å². The summed E-state index contributed by atoms with van der Waals surface area (Å²) in [4.78, 5) is 17.1. The molecule has 0 unspecified atom stereocenters. The van der Waals surface area contributed by atoms with E-state index >= 15 is 0 Å². The zero-order valence-corrected chi connectivity index (χ0v) is 18.3. The van der Waals surface area contributed by atoms with Gasteiger partial charge in [-0.1, -0.05) is 50.2 Å². The number of amides is 1. The van der Waals surface area contributed by atoms with Gasteiger partial charge in [-0.25, -0.2) is 8.42 Å². The fourth-order valence-corrected chi connectivity index (χ4v) is 5.69. The first-order chi connectivity index (χ1) is 14.8. The van der Waals surface area contributed by atoms with Crippen molar-refractivity contribution in [2.45, 2.75) is 25.2 Å². The topological polar surface area (TPSA) is 108 Å². The van der Waals surface area contributed by atoms with Gasteiger partial charge in [-0.05, 0) is 36.5 Å². The van der Waals surface area contributed by atoms with E-state index in [0.717, 1.165) is 12.0 Å². The lowest BCUT2D eigenvalue weighted by molar-refractivity contribution is 0.102. The molecule has 0 saturated carbocycles. The molecule has 1 aliphatic rings. The van der Waals surface area contributed by atoms with Crippen molar-refractivity contribution in [2.75, 3.05) is 18.4 Å². The Kier molecular flexibility index (Phi) is 5.88. The number of carbonyl (C=O) groups excluding carboxylic acids is 1. The number of piperidine rings is 1. The van der Waals surface area contributed by atoms with E-state index in [1.807, 2.05) is 30.3 Å². The first kappa shape index (κ1) is 21.2. The van der Waals surface area contributed by atoms with Crippen molar-refractivity contribution in [1.29, 1.82) is 0 Å². The third-order valence-electron chi connectivity index (χ3n) is 5.33. The monoisotopic (exact) mass is 439 g/mol. The number of nitrogens with zero attached hydrogens (tertiary/aromatic N) is 3. The summed E-state index contributed by atoms with van der Waals surface area (Å²) >= 11 is 0. The van der Waals surface area contributed by atoms with Crippen LogP contribution < -0.4 is 5.32 Å². The number of aromatic amines is 1. The molecule has 0 bridgehead atoms. The van der Waals surface area contributed by atoms with Crippen molar-refractivity contribution < 1.29 is 13.2 Å². The first-order valence-corrected chi connectivity index (χ1v) is 11.7. The van der Waals surface area contributed by atoms with Crippen LogP contribution >= 0.6 is 0 Å². The number of hydrogen-bond donors (Lipinski definition) is 2. The number of aromatic nitrogens is 3. The number of nitrogens with one attached hydrogen (secondary N) is 2. The van der Waals surface area contributed by atoms with E-state index in [0.29, 0.717) is 30.7 Å². The Morgan fingerprint density at radius 1 is 1.06 bits per heavy atom. The molecule has 2 heterocycles. The van der Waals surface area contributed by atoms with Crippen molar-refractivity contribution in [3.8, 4) is 11.4 Å². The Bertz CT molecular complexity index is 1170. The van der Waals surface area contributed by atoms with Crippen LogP contribution in [-0.2, 0) is 10.0 Å². The molecule has 0 radical (unpaired) electrons. The summed E-state index contributed by atoms with van der Waals surface area (Å²) in [6.45, 7) is 5.09. The van der Waals surface area contributed by atoms with Gasteiger partial charge in [0.25, 0.3) is 5.91 Å². The molecule has 1 aromatic heterocycles. The quantitative estimate of drug-likeness (QED) is 0.634. The molecule has 1 saturated heterocycles. The summed E-state index contributed by atoms with van der Waals surface area (Å²) in [5, 5.41) is 9.43. The van der Waals surface area contributed by atoms with E-state index in [4.69, 9.17) is 0 Å². The zero-order valence-electron chi connectivity index (χ0n) is 17.4. The van der Waals surface area contributed by atoms with Crippen LogP contribution in [0.4, 0.5) is 5.95 Å². The SMILES string of the molecule is C[C@@H]1C[C@H](C)CN(S(=O)(=O)c2cccc(C(=O)Nc3n[nH]c(-c4ccccc4)n3)c2)C1.